The Bertz CT molecular complexity index is 547. The van der Waals surface area contributed by atoms with Crippen LogP contribution in [0, 0.1) is 12.7 Å². The molecule has 0 fully saturated rings. The van der Waals surface area contributed by atoms with Gasteiger partial charge in [-0.15, -0.1) is 0 Å². The molecule has 2 nitrogen and oxygen atoms in total. The lowest BCUT2D eigenvalue weighted by Crippen LogP contribution is -1.90. The third kappa shape index (κ3) is 3.36. The average molecular weight is 249 g/mol. The molecule has 0 bridgehead atoms. The van der Waals surface area contributed by atoms with Gasteiger partial charge >= 0.3 is 0 Å². The number of hydrogen-bond donors (Lipinski definition) is 0. The monoisotopic (exact) mass is 248 g/mol. The Balaban J connectivity index is 2.25. The van der Waals surface area contributed by atoms with Gasteiger partial charge in [-0.25, -0.2) is 14.4 Å². The second kappa shape index (κ2) is 5.06. The van der Waals surface area contributed by atoms with Crippen LogP contribution in [0.1, 0.15) is 17.1 Å². The molecule has 0 saturated heterocycles. The fraction of sp³-hybridized carbons (Fsp3) is 0.0769. The van der Waals surface area contributed by atoms with Crippen molar-refractivity contribution in [3.8, 4) is 0 Å². The summed E-state index contributed by atoms with van der Waals surface area (Å²) < 4.78 is 12.9. The summed E-state index contributed by atoms with van der Waals surface area (Å²) in [7, 11) is 0. The van der Waals surface area contributed by atoms with E-state index in [1.54, 1.807) is 30.4 Å². The summed E-state index contributed by atoms with van der Waals surface area (Å²) in [5, 5.41) is 0.399. The normalized spacial score (nSPS) is 11.0. The number of nitrogens with zero attached hydrogens (tertiary/aromatic N) is 2. The fourth-order valence-electron chi connectivity index (χ4n) is 1.41. The van der Waals surface area contributed by atoms with Crippen molar-refractivity contribution in [2.24, 2.45) is 0 Å². The van der Waals surface area contributed by atoms with Crippen LogP contribution in [-0.4, -0.2) is 9.97 Å². The minimum atomic E-state index is -0.268. The van der Waals surface area contributed by atoms with Gasteiger partial charge < -0.3 is 0 Å². The molecule has 2 aromatic rings. The Morgan fingerprint density at radius 1 is 1.18 bits per heavy atom. The molecule has 0 unspecified atom stereocenters. The summed E-state index contributed by atoms with van der Waals surface area (Å²) in [6, 6.07) is 7.97. The topological polar surface area (TPSA) is 25.8 Å². The van der Waals surface area contributed by atoms with Gasteiger partial charge in [0.15, 0.2) is 5.82 Å². The van der Waals surface area contributed by atoms with E-state index in [4.69, 9.17) is 11.6 Å². The van der Waals surface area contributed by atoms with Crippen molar-refractivity contribution in [2.45, 2.75) is 6.92 Å². The molecule has 0 aliphatic carbocycles. The van der Waals surface area contributed by atoms with Gasteiger partial charge in [0, 0.05) is 5.69 Å². The van der Waals surface area contributed by atoms with Crippen LogP contribution in [0.2, 0.25) is 5.15 Å². The molecule has 0 N–H and O–H groups in total. The molecule has 2 rings (SSSR count). The summed E-state index contributed by atoms with van der Waals surface area (Å²) in [4.78, 5) is 8.24. The van der Waals surface area contributed by atoms with E-state index in [1.165, 1.54) is 12.1 Å². The van der Waals surface area contributed by atoms with E-state index in [-0.39, 0.29) is 5.82 Å². The van der Waals surface area contributed by atoms with Crippen LogP contribution in [0.5, 0.6) is 0 Å². The van der Waals surface area contributed by atoms with E-state index < -0.39 is 0 Å². The van der Waals surface area contributed by atoms with Gasteiger partial charge in [-0.2, -0.15) is 0 Å². The largest absolute Gasteiger partial charge is 0.234 e. The lowest BCUT2D eigenvalue weighted by Gasteiger charge is -1.97. The number of benzene rings is 1. The Morgan fingerprint density at radius 2 is 2.00 bits per heavy atom. The SMILES string of the molecule is Cc1cc(Cl)nc(/C=C/c2cccc(F)c2)n1. The lowest BCUT2D eigenvalue weighted by molar-refractivity contribution is 0.627. The zero-order valence-corrected chi connectivity index (χ0v) is 9.95. The van der Waals surface area contributed by atoms with Crippen molar-refractivity contribution in [2.75, 3.05) is 0 Å². The summed E-state index contributed by atoms with van der Waals surface area (Å²) in [6.07, 6.45) is 3.45. The maximum atomic E-state index is 12.9. The second-order valence-corrected chi connectivity index (χ2v) is 3.97. The first-order valence-electron chi connectivity index (χ1n) is 5.08. The number of aromatic nitrogens is 2. The van der Waals surface area contributed by atoms with E-state index in [1.807, 2.05) is 6.92 Å². The fourth-order valence-corrected chi connectivity index (χ4v) is 1.65. The zero-order valence-electron chi connectivity index (χ0n) is 9.19. The van der Waals surface area contributed by atoms with Gasteiger partial charge in [-0.05, 0) is 36.8 Å². The van der Waals surface area contributed by atoms with E-state index >= 15 is 0 Å². The molecule has 17 heavy (non-hydrogen) atoms. The maximum Gasteiger partial charge on any atom is 0.153 e. The molecule has 86 valence electrons. The molecule has 1 heterocycles. The molecular formula is C13H10ClFN2. The summed E-state index contributed by atoms with van der Waals surface area (Å²) in [5.41, 5.74) is 1.55. The quantitative estimate of drug-likeness (QED) is 0.757. The predicted octanol–water partition coefficient (Wildman–Crippen LogP) is 3.75. The van der Waals surface area contributed by atoms with Crippen molar-refractivity contribution in [1.82, 2.24) is 9.97 Å². The van der Waals surface area contributed by atoms with E-state index in [2.05, 4.69) is 9.97 Å². The van der Waals surface area contributed by atoms with Crippen LogP contribution in [-0.2, 0) is 0 Å². The van der Waals surface area contributed by atoms with Gasteiger partial charge in [0.1, 0.15) is 11.0 Å². The van der Waals surface area contributed by atoms with Gasteiger partial charge in [-0.1, -0.05) is 29.8 Å². The first-order valence-corrected chi connectivity index (χ1v) is 5.46. The molecule has 0 radical (unpaired) electrons. The molecule has 0 amide bonds. The van der Waals surface area contributed by atoms with Crippen LogP contribution in [0.25, 0.3) is 12.2 Å². The third-order valence-electron chi connectivity index (χ3n) is 2.11. The van der Waals surface area contributed by atoms with E-state index in [0.29, 0.717) is 11.0 Å². The Hall–Kier alpha value is -1.74. The van der Waals surface area contributed by atoms with Crippen molar-refractivity contribution >= 4 is 23.8 Å². The molecule has 4 heteroatoms. The van der Waals surface area contributed by atoms with Crippen LogP contribution < -0.4 is 0 Å². The van der Waals surface area contributed by atoms with E-state index in [0.717, 1.165) is 11.3 Å². The molecular weight excluding hydrogens is 239 g/mol. The predicted molar refractivity (Wildman–Crippen MR) is 67.1 cm³/mol. The van der Waals surface area contributed by atoms with Crippen molar-refractivity contribution in [3.05, 3.63) is 58.4 Å². The van der Waals surface area contributed by atoms with Gasteiger partial charge in [-0.3, -0.25) is 0 Å². The Labute approximate surface area is 104 Å². The molecule has 1 aromatic heterocycles. The maximum absolute atomic E-state index is 12.9. The summed E-state index contributed by atoms with van der Waals surface area (Å²) in [6.45, 7) is 1.84. The number of halogens is 2. The van der Waals surface area contributed by atoms with Gasteiger partial charge in [0.25, 0.3) is 0 Å². The average Bonchev–Trinajstić information content (AvgIpc) is 2.25. The molecule has 0 spiro atoms. The summed E-state index contributed by atoms with van der Waals surface area (Å²) >= 11 is 5.81. The standard InChI is InChI=1S/C13H10ClFN2/c1-9-7-12(14)17-13(16-9)6-5-10-3-2-4-11(15)8-10/h2-8H,1H3/b6-5+. The van der Waals surface area contributed by atoms with Crippen molar-refractivity contribution in [3.63, 3.8) is 0 Å². The smallest absolute Gasteiger partial charge is 0.153 e. The van der Waals surface area contributed by atoms with Crippen molar-refractivity contribution < 1.29 is 4.39 Å². The molecule has 0 aliphatic rings. The van der Waals surface area contributed by atoms with Crippen LogP contribution in [0.15, 0.2) is 30.3 Å². The molecule has 0 saturated carbocycles. The van der Waals surface area contributed by atoms with Gasteiger partial charge in [0.2, 0.25) is 0 Å². The molecule has 0 atom stereocenters. The molecule has 1 aromatic carbocycles. The highest BCUT2D eigenvalue weighted by atomic mass is 35.5. The Morgan fingerprint density at radius 3 is 2.71 bits per heavy atom. The highest BCUT2D eigenvalue weighted by molar-refractivity contribution is 6.29. The molecule has 0 aliphatic heterocycles. The van der Waals surface area contributed by atoms with Crippen LogP contribution in [0.3, 0.4) is 0 Å². The van der Waals surface area contributed by atoms with E-state index in [9.17, 15) is 4.39 Å². The summed E-state index contributed by atoms with van der Waals surface area (Å²) in [5.74, 6) is 0.245. The van der Waals surface area contributed by atoms with Gasteiger partial charge in [0.05, 0.1) is 0 Å². The number of aryl methyl sites for hydroxylation is 1. The highest BCUT2D eigenvalue weighted by Gasteiger charge is 1.97. The third-order valence-corrected chi connectivity index (χ3v) is 2.31. The lowest BCUT2D eigenvalue weighted by atomic mass is 10.2. The number of hydrogen-bond acceptors (Lipinski definition) is 2. The van der Waals surface area contributed by atoms with Crippen LogP contribution >= 0.6 is 11.6 Å². The zero-order chi connectivity index (χ0) is 12.3. The minimum Gasteiger partial charge on any atom is -0.234 e. The first-order chi connectivity index (χ1) is 8.13. The van der Waals surface area contributed by atoms with Crippen LogP contribution in [0.4, 0.5) is 4.39 Å². The Kier molecular flexibility index (Phi) is 3.49. The van der Waals surface area contributed by atoms with Crippen molar-refractivity contribution in [1.29, 1.82) is 0 Å². The number of rotatable bonds is 2. The second-order valence-electron chi connectivity index (χ2n) is 3.58. The minimum absolute atomic E-state index is 0.268. The highest BCUT2D eigenvalue weighted by Crippen LogP contribution is 2.10. The first kappa shape index (κ1) is 11.7.